The first-order valence-electron chi connectivity index (χ1n) is 2.85. The SMILES string of the molecule is O=S(=O)(Cl)c1cccc(O)c1F. The van der Waals surface area contributed by atoms with Gasteiger partial charge in [-0.15, -0.1) is 0 Å². The minimum absolute atomic E-state index is 0.718. The van der Waals surface area contributed by atoms with Gasteiger partial charge in [0.2, 0.25) is 0 Å². The van der Waals surface area contributed by atoms with Crippen molar-refractivity contribution in [2.24, 2.45) is 0 Å². The standard InChI is InChI=1S/C6H4ClFO3S/c7-12(10,11)5-3-1-2-4(9)6(5)8/h1-3,9H. The number of phenols is 1. The predicted octanol–water partition coefficient (Wildman–Crippen LogP) is 1.46. The highest BCUT2D eigenvalue weighted by molar-refractivity contribution is 8.13. The summed E-state index contributed by atoms with van der Waals surface area (Å²) in [6, 6.07) is 3.19. The summed E-state index contributed by atoms with van der Waals surface area (Å²) in [5.74, 6) is -1.97. The van der Waals surface area contributed by atoms with E-state index < -0.39 is 25.5 Å². The average Bonchev–Trinajstić information content (AvgIpc) is 1.92. The van der Waals surface area contributed by atoms with Gasteiger partial charge in [-0.2, -0.15) is 0 Å². The Morgan fingerprint density at radius 3 is 2.42 bits per heavy atom. The molecule has 0 fully saturated rings. The monoisotopic (exact) mass is 210 g/mol. The van der Waals surface area contributed by atoms with E-state index in [-0.39, 0.29) is 0 Å². The lowest BCUT2D eigenvalue weighted by Gasteiger charge is -1.98. The Balaban J connectivity index is 3.47. The zero-order chi connectivity index (χ0) is 9.35. The van der Waals surface area contributed by atoms with Crippen molar-refractivity contribution in [3.63, 3.8) is 0 Å². The van der Waals surface area contributed by atoms with Crippen LogP contribution in [0.4, 0.5) is 4.39 Å². The van der Waals surface area contributed by atoms with Crippen molar-refractivity contribution in [3.8, 4) is 5.75 Å². The average molecular weight is 211 g/mol. The van der Waals surface area contributed by atoms with Gasteiger partial charge in [0.05, 0.1) is 0 Å². The molecule has 3 nitrogen and oxygen atoms in total. The molecule has 0 spiro atoms. The van der Waals surface area contributed by atoms with E-state index in [1.165, 1.54) is 6.07 Å². The number of phenolic OH excluding ortho intramolecular Hbond substituents is 1. The van der Waals surface area contributed by atoms with E-state index in [9.17, 15) is 12.8 Å². The summed E-state index contributed by atoms with van der Waals surface area (Å²) in [6.45, 7) is 0. The van der Waals surface area contributed by atoms with E-state index in [1.807, 2.05) is 0 Å². The molecule has 1 N–H and O–H groups in total. The number of halogens is 2. The number of aromatic hydroxyl groups is 1. The molecule has 1 aromatic rings. The topological polar surface area (TPSA) is 54.4 Å². The summed E-state index contributed by atoms with van der Waals surface area (Å²) in [4.78, 5) is -0.718. The largest absolute Gasteiger partial charge is 0.505 e. The molecular weight excluding hydrogens is 207 g/mol. The molecule has 0 amide bonds. The molecule has 0 aliphatic carbocycles. The number of benzene rings is 1. The Labute approximate surface area is 72.8 Å². The lowest BCUT2D eigenvalue weighted by molar-refractivity contribution is 0.423. The highest BCUT2D eigenvalue weighted by Gasteiger charge is 2.17. The van der Waals surface area contributed by atoms with Gasteiger partial charge in [-0.1, -0.05) is 6.07 Å². The predicted molar refractivity (Wildman–Crippen MR) is 41.1 cm³/mol. The summed E-state index contributed by atoms with van der Waals surface area (Å²) in [6.07, 6.45) is 0. The normalized spacial score (nSPS) is 11.5. The fourth-order valence-corrected chi connectivity index (χ4v) is 1.60. The van der Waals surface area contributed by atoms with Gasteiger partial charge in [-0.25, -0.2) is 12.8 Å². The summed E-state index contributed by atoms with van der Waals surface area (Å²) in [5, 5.41) is 8.77. The van der Waals surface area contributed by atoms with Crippen molar-refractivity contribution < 1.29 is 17.9 Å². The van der Waals surface area contributed by atoms with Crippen molar-refractivity contribution in [2.45, 2.75) is 4.90 Å². The first-order chi connectivity index (χ1) is 5.43. The number of rotatable bonds is 1. The fraction of sp³-hybridized carbons (Fsp3) is 0. The van der Waals surface area contributed by atoms with Gasteiger partial charge in [0.15, 0.2) is 11.6 Å². The summed E-state index contributed by atoms with van der Waals surface area (Å²) in [5.41, 5.74) is 0. The highest BCUT2D eigenvalue weighted by Crippen LogP contribution is 2.24. The molecule has 0 bridgehead atoms. The first kappa shape index (κ1) is 9.28. The molecule has 0 heterocycles. The zero-order valence-corrected chi connectivity index (χ0v) is 7.23. The third kappa shape index (κ3) is 1.67. The van der Waals surface area contributed by atoms with Gasteiger partial charge >= 0.3 is 0 Å². The molecule has 1 rings (SSSR count). The molecule has 0 aliphatic rings. The first-order valence-corrected chi connectivity index (χ1v) is 5.16. The zero-order valence-electron chi connectivity index (χ0n) is 5.66. The van der Waals surface area contributed by atoms with Crippen LogP contribution in [-0.4, -0.2) is 13.5 Å². The minimum atomic E-state index is -4.12. The summed E-state index contributed by atoms with van der Waals surface area (Å²) in [7, 11) is 0.738. The molecule has 0 saturated heterocycles. The maximum atomic E-state index is 12.8. The Hall–Kier alpha value is -0.810. The van der Waals surface area contributed by atoms with Crippen LogP contribution in [0.2, 0.25) is 0 Å². The van der Waals surface area contributed by atoms with E-state index in [2.05, 4.69) is 0 Å². The van der Waals surface area contributed by atoms with E-state index in [0.29, 0.717) is 0 Å². The second-order valence-corrected chi connectivity index (χ2v) is 4.56. The van der Waals surface area contributed by atoms with Crippen LogP contribution in [0.15, 0.2) is 23.1 Å². The van der Waals surface area contributed by atoms with Crippen LogP contribution >= 0.6 is 10.7 Å². The molecule has 0 aliphatic heterocycles. The van der Waals surface area contributed by atoms with E-state index in [0.717, 1.165) is 12.1 Å². The van der Waals surface area contributed by atoms with Gasteiger partial charge < -0.3 is 5.11 Å². The molecule has 1 aromatic carbocycles. The van der Waals surface area contributed by atoms with Crippen molar-refractivity contribution >= 4 is 19.7 Å². The van der Waals surface area contributed by atoms with Crippen LogP contribution in [0.3, 0.4) is 0 Å². The molecule has 0 radical (unpaired) electrons. The smallest absolute Gasteiger partial charge is 0.264 e. The van der Waals surface area contributed by atoms with Gasteiger partial charge in [0.1, 0.15) is 4.90 Å². The molecular formula is C6H4ClFO3S. The molecule has 0 aromatic heterocycles. The van der Waals surface area contributed by atoms with Crippen LogP contribution in [0.5, 0.6) is 5.75 Å². The van der Waals surface area contributed by atoms with E-state index in [1.54, 1.807) is 0 Å². The van der Waals surface area contributed by atoms with Crippen LogP contribution in [-0.2, 0) is 9.05 Å². The van der Waals surface area contributed by atoms with Crippen LogP contribution in [0.1, 0.15) is 0 Å². The maximum Gasteiger partial charge on any atom is 0.264 e. The van der Waals surface area contributed by atoms with Crippen molar-refractivity contribution in [1.82, 2.24) is 0 Å². The highest BCUT2D eigenvalue weighted by atomic mass is 35.7. The fourth-order valence-electron chi connectivity index (χ4n) is 0.688. The number of hydrogen-bond donors (Lipinski definition) is 1. The Kier molecular flexibility index (Phi) is 2.25. The number of hydrogen-bond acceptors (Lipinski definition) is 3. The molecule has 6 heteroatoms. The van der Waals surface area contributed by atoms with Gasteiger partial charge in [0, 0.05) is 10.7 Å². The Morgan fingerprint density at radius 1 is 1.42 bits per heavy atom. The molecule has 66 valence electrons. The van der Waals surface area contributed by atoms with Gasteiger partial charge in [0.25, 0.3) is 9.05 Å². The lowest BCUT2D eigenvalue weighted by Crippen LogP contribution is -1.94. The third-order valence-electron chi connectivity index (χ3n) is 1.21. The molecule has 12 heavy (non-hydrogen) atoms. The van der Waals surface area contributed by atoms with Gasteiger partial charge in [-0.3, -0.25) is 0 Å². The lowest BCUT2D eigenvalue weighted by atomic mass is 10.3. The van der Waals surface area contributed by atoms with Crippen molar-refractivity contribution in [2.75, 3.05) is 0 Å². The Morgan fingerprint density at radius 2 is 2.00 bits per heavy atom. The molecule has 0 atom stereocenters. The van der Waals surface area contributed by atoms with E-state index >= 15 is 0 Å². The summed E-state index contributed by atoms with van der Waals surface area (Å²) < 4.78 is 34.0. The Bertz CT molecular complexity index is 401. The van der Waals surface area contributed by atoms with E-state index in [4.69, 9.17) is 15.8 Å². The van der Waals surface area contributed by atoms with Crippen molar-refractivity contribution in [1.29, 1.82) is 0 Å². The minimum Gasteiger partial charge on any atom is -0.505 e. The third-order valence-corrected chi connectivity index (χ3v) is 2.54. The van der Waals surface area contributed by atoms with Crippen LogP contribution < -0.4 is 0 Å². The van der Waals surface area contributed by atoms with Crippen LogP contribution in [0.25, 0.3) is 0 Å². The quantitative estimate of drug-likeness (QED) is 0.714. The van der Waals surface area contributed by atoms with Crippen molar-refractivity contribution in [3.05, 3.63) is 24.0 Å². The van der Waals surface area contributed by atoms with Gasteiger partial charge in [-0.05, 0) is 12.1 Å². The molecule has 0 saturated carbocycles. The second-order valence-electron chi connectivity index (χ2n) is 2.03. The second kappa shape index (κ2) is 2.91. The van der Waals surface area contributed by atoms with Crippen LogP contribution in [0, 0.1) is 5.82 Å². The summed E-state index contributed by atoms with van der Waals surface area (Å²) >= 11 is 0. The maximum absolute atomic E-state index is 12.8. The molecule has 0 unspecified atom stereocenters.